The third-order valence-corrected chi connectivity index (χ3v) is 4.32. The van der Waals surface area contributed by atoms with E-state index >= 15 is 0 Å². The van der Waals surface area contributed by atoms with Crippen LogP contribution in [0.15, 0.2) is 11.0 Å². The van der Waals surface area contributed by atoms with Crippen molar-refractivity contribution in [3.63, 3.8) is 0 Å². The predicted octanol–water partition coefficient (Wildman–Crippen LogP) is -2.32. The molecule has 3 heterocycles. The highest BCUT2D eigenvalue weighted by Gasteiger charge is 2.43. The Morgan fingerprint density at radius 1 is 1.33 bits per heavy atom. The fourth-order valence-corrected chi connectivity index (χ4v) is 3.10. The van der Waals surface area contributed by atoms with E-state index in [-0.39, 0.29) is 17.0 Å². The molecule has 9 N–H and O–H groups in total. The zero-order valence-electron chi connectivity index (χ0n) is 12.1. The Morgan fingerprint density at radius 2 is 2.04 bits per heavy atom. The van der Waals surface area contributed by atoms with Crippen LogP contribution in [0.25, 0.3) is 11.0 Å². The van der Waals surface area contributed by atoms with Gasteiger partial charge in [-0.15, -0.1) is 0 Å². The van der Waals surface area contributed by atoms with Crippen molar-refractivity contribution in [2.75, 3.05) is 12.3 Å². The summed E-state index contributed by atoms with van der Waals surface area (Å²) in [4.78, 5) is 38.3. The van der Waals surface area contributed by atoms with E-state index in [0.29, 0.717) is 5.56 Å². The fourth-order valence-electron chi connectivity index (χ4n) is 2.75. The van der Waals surface area contributed by atoms with Crippen LogP contribution in [0.2, 0.25) is 0 Å². The number of nitrogens with two attached hydrogens (primary N) is 1. The van der Waals surface area contributed by atoms with E-state index < -0.39 is 44.3 Å². The van der Waals surface area contributed by atoms with Gasteiger partial charge in [0.2, 0.25) is 5.95 Å². The highest BCUT2D eigenvalue weighted by atomic mass is 31.2. The van der Waals surface area contributed by atoms with Crippen molar-refractivity contribution in [1.82, 2.24) is 20.3 Å². The van der Waals surface area contributed by atoms with Crippen molar-refractivity contribution in [2.24, 2.45) is 0 Å². The summed E-state index contributed by atoms with van der Waals surface area (Å²) in [6.07, 6.45) is -1.21. The Morgan fingerprint density at radius 3 is 2.71 bits per heavy atom. The van der Waals surface area contributed by atoms with Gasteiger partial charge in [-0.05, 0) is 0 Å². The summed E-state index contributed by atoms with van der Waals surface area (Å²) in [6.45, 7) is -0.516. The SMILES string of the molecule is Nc1nc2c([C@@H]3N[C@H](COP(=O)(O)O)[C@@H](O)[C@H]3O)c[nH]c2c(=O)[nH]1. The lowest BCUT2D eigenvalue weighted by Crippen LogP contribution is -2.36. The number of hydrogen-bond acceptors (Lipinski definition) is 8. The minimum absolute atomic E-state index is 0.109. The number of hydrogen-bond donors (Lipinski definition) is 8. The zero-order valence-corrected chi connectivity index (χ0v) is 13.0. The number of H-pyrrole nitrogens is 2. The van der Waals surface area contributed by atoms with Gasteiger partial charge in [-0.1, -0.05) is 0 Å². The molecular weight excluding hydrogens is 345 g/mol. The Bertz CT molecular complexity index is 860. The molecular formula is C11H16N5O7P. The van der Waals surface area contributed by atoms with E-state index in [1.807, 2.05) is 0 Å². The normalized spacial score (nSPS) is 27.8. The van der Waals surface area contributed by atoms with E-state index in [1.165, 1.54) is 6.20 Å². The molecule has 12 nitrogen and oxygen atoms in total. The summed E-state index contributed by atoms with van der Waals surface area (Å²) in [5, 5.41) is 23.1. The first-order valence-corrected chi connectivity index (χ1v) is 8.39. The van der Waals surface area contributed by atoms with Crippen molar-refractivity contribution < 1.29 is 29.1 Å². The summed E-state index contributed by atoms with van der Waals surface area (Å²) < 4.78 is 15.1. The van der Waals surface area contributed by atoms with E-state index in [9.17, 15) is 19.6 Å². The van der Waals surface area contributed by atoms with Crippen molar-refractivity contribution in [2.45, 2.75) is 24.3 Å². The molecule has 1 aliphatic rings. The quantitative estimate of drug-likeness (QED) is 0.273. The van der Waals surface area contributed by atoms with Crippen molar-refractivity contribution in [3.8, 4) is 0 Å². The number of nitrogens with one attached hydrogen (secondary N) is 3. The van der Waals surface area contributed by atoms with Gasteiger partial charge in [0.15, 0.2) is 0 Å². The number of aliphatic hydroxyl groups excluding tert-OH is 2. The molecule has 0 aromatic carbocycles. The molecule has 132 valence electrons. The van der Waals surface area contributed by atoms with Gasteiger partial charge in [-0.3, -0.25) is 14.3 Å². The van der Waals surface area contributed by atoms with Gasteiger partial charge in [-0.25, -0.2) is 9.55 Å². The zero-order chi connectivity index (χ0) is 17.6. The highest BCUT2D eigenvalue weighted by Crippen LogP contribution is 2.38. The molecule has 0 spiro atoms. The highest BCUT2D eigenvalue weighted by molar-refractivity contribution is 7.46. The maximum absolute atomic E-state index is 11.8. The molecule has 1 aliphatic heterocycles. The number of aromatic nitrogens is 3. The molecule has 24 heavy (non-hydrogen) atoms. The van der Waals surface area contributed by atoms with Gasteiger partial charge in [0.05, 0.1) is 24.8 Å². The summed E-state index contributed by atoms with van der Waals surface area (Å²) >= 11 is 0. The summed E-state index contributed by atoms with van der Waals surface area (Å²) in [5.74, 6) is -0.109. The second-order valence-corrected chi connectivity index (χ2v) is 6.68. The molecule has 3 rings (SSSR count). The van der Waals surface area contributed by atoms with Crippen LogP contribution < -0.4 is 16.6 Å². The third-order valence-electron chi connectivity index (χ3n) is 3.84. The molecule has 0 radical (unpaired) electrons. The van der Waals surface area contributed by atoms with Gasteiger partial charge in [-0.2, -0.15) is 0 Å². The Labute approximate surface area is 133 Å². The first-order chi connectivity index (χ1) is 11.2. The molecule has 1 saturated heterocycles. The third kappa shape index (κ3) is 3.08. The van der Waals surface area contributed by atoms with Crippen LogP contribution in [0.1, 0.15) is 11.6 Å². The molecule has 0 unspecified atom stereocenters. The molecule has 0 amide bonds. The molecule has 2 aromatic heterocycles. The number of fused-ring (bicyclic) bond motifs is 1. The lowest BCUT2D eigenvalue weighted by Gasteiger charge is -2.15. The number of nitrogen functional groups attached to an aromatic ring is 1. The van der Waals surface area contributed by atoms with Crippen LogP contribution in [0.4, 0.5) is 5.95 Å². The van der Waals surface area contributed by atoms with Crippen molar-refractivity contribution in [3.05, 3.63) is 22.1 Å². The van der Waals surface area contributed by atoms with Crippen LogP contribution in [0.3, 0.4) is 0 Å². The molecule has 2 aromatic rings. The predicted molar refractivity (Wildman–Crippen MR) is 80.8 cm³/mol. The molecule has 1 fully saturated rings. The van der Waals surface area contributed by atoms with E-state index in [0.717, 1.165) is 0 Å². The van der Waals surface area contributed by atoms with Crippen LogP contribution in [-0.4, -0.2) is 59.8 Å². The lowest BCUT2D eigenvalue weighted by molar-refractivity contribution is 0.0192. The number of phosphoric acid groups is 1. The largest absolute Gasteiger partial charge is 0.469 e. The minimum Gasteiger partial charge on any atom is -0.389 e. The average molecular weight is 361 g/mol. The standard InChI is InChI=1S/C11H16N5O7P/c12-11-15-5-3(1-13-7(5)10(19)16-11)6-9(18)8(17)4(14-6)2-23-24(20,21)22/h1,4,6,8-9,13-14,17-18H,2H2,(H2,20,21,22)(H3,12,15,16,19)/t4-,6+,8-,9+/m1/s1. The topological polar surface area (TPSA) is 207 Å². The molecule has 4 atom stereocenters. The van der Waals surface area contributed by atoms with Gasteiger partial charge < -0.3 is 36.0 Å². The maximum atomic E-state index is 11.8. The maximum Gasteiger partial charge on any atom is 0.469 e. The number of rotatable bonds is 4. The van der Waals surface area contributed by atoms with Gasteiger partial charge in [0.25, 0.3) is 5.56 Å². The molecule has 0 bridgehead atoms. The Balaban J connectivity index is 1.90. The number of nitrogens with zero attached hydrogens (tertiary/aromatic N) is 1. The number of anilines is 1. The van der Waals surface area contributed by atoms with E-state index in [2.05, 4.69) is 24.8 Å². The monoisotopic (exact) mass is 361 g/mol. The van der Waals surface area contributed by atoms with E-state index in [1.54, 1.807) is 0 Å². The summed E-state index contributed by atoms with van der Waals surface area (Å²) in [7, 11) is -4.71. The second-order valence-electron chi connectivity index (χ2n) is 5.44. The van der Waals surface area contributed by atoms with Crippen molar-refractivity contribution in [1.29, 1.82) is 0 Å². The molecule has 13 heteroatoms. The smallest absolute Gasteiger partial charge is 0.389 e. The first kappa shape index (κ1) is 17.0. The fraction of sp³-hybridized carbons (Fsp3) is 0.455. The second kappa shape index (κ2) is 5.93. The van der Waals surface area contributed by atoms with Gasteiger partial charge >= 0.3 is 7.82 Å². The van der Waals surface area contributed by atoms with Crippen LogP contribution in [-0.2, 0) is 9.09 Å². The minimum atomic E-state index is -4.71. The van der Waals surface area contributed by atoms with Gasteiger partial charge in [0.1, 0.15) is 17.1 Å². The van der Waals surface area contributed by atoms with E-state index in [4.69, 9.17) is 15.5 Å². The number of aliphatic hydroxyl groups is 2. The first-order valence-electron chi connectivity index (χ1n) is 6.86. The van der Waals surface area contributed by atoms with Crippen LogP contribution in [0.5, 0.6) is 0 Å². The average Bonchev–Trinajstić information content (AvgIpc) is 3.00. The molecule has 0 saturated carbocycles. The molecule has 0 aliphatic carbocycles. The lowest BCUT2D eigenvalue weighted by atomic mass is 10.0. The van der Waals surface area contributed by atoms with Crippen molar-refractivity contribution >= 4 is 24.8 Å². The Kier molecular flexibility index (Phi) is 4.21. The summed E-state index contributed by atoms with van der Waals surface area (Å²) in [6, 6.07) is -1.77. The Hall–Kier alpha value is -1.79. The summed E-state index contributed by atoms with van der Waals surface area (Å²) in [5.41, 5.74) is 5.78. The van der Waals surface area contributed by atoms with Crippen LogP contribution in [0, 0.1) is 0 Å². The number of aromatic amines is 2. The number of phosphoric ester groups is 1. The van der Waals surface area contributed by atoms with Gasteiger partial charge in [0, 0.05) is 11.8 Å². The van der Waals surface area contributed by atoms with Crippen LogP contribution >= 0.6 is 7.82 Å².